The fraction of sp³-hybridized carbons (Fsp3) is 0.500. The van der Waals surface area contributed by atoms with Crippen molar-refractivity contribution in [3.63, 3.8) is 0 Å². The van der Waals surface area contributed by atoms with E-state index >= 15 is 0 Å². The highest BCUT2D eigenvalue weighted by Gasteiger charge is 2.26. The molecule has 1 heterocycles. The standard InChI is InChI=1S/C14H21N5O/c1-9(14(2,3)4)19-13(16-17-18-19)11-8-10(20-5)6-7-12(11)15/h6-9H,15H2,1-5H3. The number of anilines is 1. The molecule has 0 saturated carbocycles. The Labute approximate surface area is 118 Å². The van der Waals surface area contributed by atoms with Crippen LogP contribution in [0.5, 0.6) is 5.75 Å². The van der Waals surface area contributed by atoms with Crippen molar-refractivity contribution in [2.75, 3.05) is 12.8 Å². The molecule has 0 aliphatic rings. The highest BCUT2D eigenvalue weighted by Crippen LogP contribution is 2.34. The SMILES string of the molecule is COc1ccc(N)c(-c2nnnn2C(C)C(C)(C)C)c1. The minimum Gasteiger partial charge on any atom is -0.497 e. The number of hydrogen-bond donors (Lipinski definition) is 1. The van der Waals surface area contributed by atoms with E-state index in [1.165, 1.54) is 0 Å². The molecule has 0 spiro atoms. The van der Waals surface area contributed by atoms with E-state index < -0.39 is 0 Å². The van der Waals surface area contributed by atoms with E-state index in [4.69, 9.17) is 10.5 Å². The molecule has 108 valence electrons. The Balaban J connectivity index is 2.52. The summed E-state index contributed by atoms with van der Waals surface area (Å²) in [6, 6.07) is 5.61. The number of rotatable bonds is 3. The van der Waals surface area contributed by atoms with Crippen molar-refractivity contribution < 1.29 is 4.74 Å². The van der Waals surface area contributed by atoms with Gasteiger partial charge in [0, 0.05) is 11.3 Å². The fourth-order valence-electron chi connectivity index (χ4n) is 1.85. The second kappa shape index (κ2) is 5.11. The monoisotopic (exact) mass is 275 g/mol. The summed E-state index contributed by atoms with van der Waals surface area (Å²) in [6.07, 6.45) is 0. The van der Waals surface area contributed by atoms with Crippen LogP contribution in [-0.2, 0) is 0 Å². The van der Waals surface area contributed by atoms with Crippen LogP contribution in [0.1, 0.15) is 33.7 Å². The maximum absolute atomic E-state index is 6.05. The second-order valence-electron chi connectivity index (χ2n) is 5.94. The van der Waals surface area contributed by atoms with Crippen molar-refractivity contribution in [1.29, 1.82) is 0 Å². The molecule has 1 atom stereocenters. The van der Waals surface area contributed by atoms with Gasteiger partial charge in [0.25, 0.3) is 0 Å². The first kappa shape index (κ1) is 14.3. The van der Waals surface area contributed by atoms with Gasteiger partial charge in [0.05, 0.1) is 13.2 Å². The zero-order chi connectivity index (χ0) is 14.9. The number of nitrogen functional groups attached to an aromatic ring is 1. The van der Waals surface area contributed by atoms with Crippen LogP contribution in [0.4, 0.5) is 5.69 Å². The molecule has 6 heteroatoms. The minimum atomic E-state index is 0.0394. The lowest BCUT2D eigenvalue weighted by Gasteiger charge is -2.27. The van der Waals surface area contributed by atoms with Crippen molar-refractivity contribution in [1.82, 2.24) is 20.2 Å². The highest BCUT2D eigenvalue weighted by molar-refractivity contribution is 5.73. The van der Waals surface area contributed by atoms with Crippen molar-refractivity contribution in [2.24, 2.45) is 5.41 Å². The van der Waals surface area contributed by atoms with Gasteiger partial charge in [-0.3, -0.25) is 0 Å². The van der Waals surface area contributed by atoms with Crippen molar-refractivity contribution >= 4 is 5.69 Å². The third kappa shape index (κ3) is 2.59. The van der Waals surface area contributed by atoms with Crippen LogP contribution in [0, 0.1) is 5.41 Å². The third-order valence-corrected chi connectivity index (χ3v) is 3.61. The Morgan fingerprint density at radius 3 is 2.60 bits per heavy atom. The van der Waals surface area contributed by atoms with Crippen LogP contribution < -0.4 is 10.5 Å². The largest absolute Gasteiger partial charge is 0.497 e. The summed E-state index contributed by atoms with van der Waals surface area (Å²) in [5.74, 6) is 1.39. The number of nitrogens with two attached hydrogens (primary N) is 1. The Morgan fingerprint density at radius 2 is 2.00 bits per heavy atom. The number of ether oxygens (including phenoxy) is 1. The maximum Gasteiger partial charge on any atom is 0.184 e. The van der Waals surface area contributed by atoms with Crippen LogP contribution in [0.3, 0.4) is 0 Å². The van der Waals surface area contributed by atoms with Gasteiger partial charge >= 0.3 is 0 Å². The van der Waals surface area contributed by atoms with E-state index in [0.29, 0.717) is 11.5 Å². The van der Waals surface area contributed by atoms with Crippen LogP contribution in [0.15, 0.2) is 18.2 Å². The topological polar surface area (TPSA) is 78.8 Å². The molecule has 2 aromatic rings. The molecular weight excluding hydrogens is 254 g/mol. The molecule has 0 saturated heterocycles. The highest BCUT2D eigenvalue weighted by atomic mass is 16.5. The van der Waals surface area contributed by atoms with Gasteiger partial charge in [0.1, 0.15) is 5.75 Å². The molecule has 0 radical (unpaired) electrons. The lowest BCUT2D eigenvalue weighted by Crippen LogP contribution is -2.23. The Bertz CT molecular complexity index is 600. The molecule has 0 aliphatic carbocycles. The quantitative estimate of drug-likeness (QED) is 0.871. The molecule has 2 rings (SSSR count). The lowest BCUT2D eigenvalue weighted by molar-refractivity contribution is 0.243. The Kier molecular flexibility index (Phi) is 3.65. The van der Waals surface area contributed by atoms with E-state index in [1.54, 1.807) is 13.2 Å². The van der Waals surface area contributed by atoms with Gasteiger partial charge in [0.15, 0.2) is 5.82 Å². The molecule has 1 unspecified atom stereocenters. The van der Waals surface area contributed by atoms with E-state index in [0.717, 1.165) is 11.3 Å². The van der Waals surface area contributed by atoms with Crippen molar-refractivity contribution in [2.45, 2.75) is 33.7 Å². The minimum absolute atomic E-state index is 0.0394. The molecule has 0 aliphatic heterocycles. The number of hydrogen-bond acceptors (Lipinski definition) is 5. The first-order valence-corrected chi connectivity index (χ1v) is 6.56. The normalized spacial score (nSPS) is 13.2. The van der Waals surface area contributed by atoms with Gasteiger partial charge in [-0.1, -0.05) is 20.8 Å². The van der Waals surface area contributed by atoms with Crippen LogP contribution >= 0.6 is 0 Å². The average molecular weight is 275 g/mol. The van der Waals surface area contributed by atoms with Crippen LogP contribution in [0.25, 0.3) is 11.4 Å². The van der Waals surface area contributed by atoms with E-state index in [2.05, 4.69) is 43.2 Å². The van der Waals surface area contributed by atoms with Crippen LogP contribution in [-0.4, -0.2) is 27.3 Å². The molecule has 0 amide bonds. The number of tetrazole rings is 1. The molecule has 0 fully saturated rings. The molecule has 20 heavy (non-hydrogen) atoms. The van der Waals surface area contributed by atoms with Crippen molar-refractivity contribution in [3.05, 3.63) is 18.2 Å². The van der Waals surface area contributed by atoms with Crippen molar-refractivity contribution in [3.8, 4) is 17.1 Å². The number of benzene rings is 1. The lowest BCUT2D eigenvalue weighted by atomic mass is 9.88. The fourth-order valence-corrected chi connectivity index (χ4v) is 1.85. The van der Waals surface area contributed by atoms with Gasteiger partial charge in [-0.15, -0.1) is 5.10 Å². The summed E-state index contributed by atoms with van der Waals surface area (Å²) in [5.41, 5.74) is 7.50. The van der Waals surface area contributed by atoms with E-state index in [-0.39, 0.29) is 11.5 Å². The van der Waals surface area contributed by atoms with Gasteiger partial charge < -0.3 is 10.5 Å². The molecule has 2 N–H and O–H groups in total. The van der Waals surface area contributed by atoms with Gasteiger partial charge in [-0.25, -0.2) is 4.68 Å². The van der Waals surface area contributed by atoms with Gasteiger partial charge in [-0.2, -0.15) is 0 Å². The van der Waals surface area contributed by atoms with E-state index in [1.807, 2.05) is 16.8 Å². The maximum atomic E-state index is 6.05. The summed E-state index contributed by atoms with van der Waals surface area (Å²) in [5, 5.41) is 12.0. The summed E-state index contributed by atoms with van der Waals surface area (Å²) in [7, 11) is 1.62. The number of nitrogens with zero attached hydrogens (tertiary/aromatic N) is 4. The predicted octanol–water partition coefficient (Wildman–Crippen LogP) is 2.54. The summed E-state index contributed by atoms with van der Waals surface area (Å²) < 4.78 is 7.05. The van der Waals surface area contributed by atoms with Crippen LogP contribution in [0.2, 0.25) is 0 Å². The summed E-state index contributed by atoms with van der Waals surface area (Å²) in [6.45, 7) is 8.55. The summed E-state index contributed by atoms with van der Waals surface area (Å²) >= 11 is 0. The third-order valence-electron chi connectivity index (χ3n) is 3.61. The smallest absolute Gasteiger partial charge is 0.184 e. The first-order chi connectivity index (χ1) is 9.34. The van der Waals surface area contributed by atoms with Gasteiger partial charge in [-0.05, 0) is 41.0 Å². The summed E-state index contributed by atoms with van der Waals surface area (Å²) in [4.78, 5) is 0. The molecule has 6 nitrogen and oxygen atoms in total. The molecular formula is C14H21N5O. The average Bonchev–Trinajstić information content (AvgIpc) is 2.86. The van der Waals surface area contributed by atoms with E-state index in [9.17, 15) is 0 Å². The Morgan fingerprint density at radius 1 is 1.30 bits per heavy atom. The molecule has 1 aromatic carbocycles. The zero-order valence-electron chi connectivity index (χ0n) is 12.6. The molecule has 1 aromatic heterocycles. The molecule has 0 bridgehead atoms. The Hall–Kier alpha value is -2.11. The zero-order valence-corrected chi connectivity index (χ0v) is 12.6. The van der Waals surface area contributed by atoms with Gasteiger partial charge in [0.2, 0.25) is 0 Å². The second-order valence-corrected chi connectivity index (χ2v) is 5.94. The predicted molar refractivity (Wildman–Crippen MR) is 78.4 cm³/mol. The number of aromatic nitrogens is 4. The number of methoxy groups -OCH3 is 1. The first-order valence-electron chi connectivity index (χ1n) is 6.56.